The molecule has 0 saturated heterocycles. The molecule has 0 saturated carbocycles. The first-order valence-corrected chi connectivity index (χ1v) is 8.92. The number of benzene rings is 2. The molecule has 0 fully saturated rings. The number of amides is 2. The van der Waals surface area contributed by atoms with E-state index in [1.54, 1.807) is 0 Å². The van der Waals surface area contributed by atoms with E-state index in [0.717, 1.165) is 29.5 Å². The van der Waals surface area contributed by atoms with Crippen LogP contribution in [-0.2, 0) is 11.2 Å². The van der Waals surface area contributed by atoms with Crippen LogP contribution in [0.5, 0.6) is 0 Å². The highest BCUT2D eigenvalue weighted by molar-refractivity contribution is 7.99. The minimum absolute atomic E-state index is 0.0172. The molecule has 3 aromatic rings. The number of hydrogen-bond acceptors (Lipinski definition) is 6. The van der Waals surface area contributed by atoms with Crippen LogP contribution in [0.4, 0.5) is 4.39 Å². The van der Waals surface area contributed by atoms with Crippen LogP contribution < -0.4 is 10.9 Å². The van der Waals surface area contributed by atoms with Crippen molar-refractivity contribution in [2.75, 3.05) is 5.75 Å². The predicted molar refractivity (Wildman–Crippen MR) is 96.3 cm³/mol. The van der Waals surface area contributed by atoms with Crippen molar-refractivity contribution in [2.45, 2.75) is 11.6 Å². The summed E-state index contributed by atoms with van der Waals surface area (Å²) in [4.78, 5) is 23.6. The Morgan fingerprint density at radius 2 is 1.74 bits per heavy atom. The first kappa shape index (κ1) is 18.6. The van der Waals surface area contributed by atoms with E-state index < -0.39 is 17.6 Å². The maximum absolute atomic E-state index is 12.8. The average Bonchev–Trinajstić information content (AvgIpc) is 3.13. The third kappa shape index (κ3) is 5.65. The number of hydrogen-bond donors (Lipinski definition) is 2. The molecule has 0 atom stereocenters. The van der Waals surface area contributed by atoms with Crippen LogP contribution in [-0.4, -0.2) is 27.8 Å². The van der Waals surface area contributed by atoms with Crippen molar-refractivity contribution in [3.05, 3.63) is 77.4 Å². The monoisotopic (exact) mass is 386 g/mol. The zero-order chi connectivity index (χ0) is 19.1. The third-order valence-electron chi connectivity index (χ3n) is 3.40. The van der Waals surface area contributed by atoms with Crippen LogP contribution in [0.1, 0.15) is 21.8 Å². The molecule has 2 aromatic carbocycles. The van der Waals surface area contributed by atoms with Crippen molar-refractivity contribution in [3.8, 4) is 0 Å². The lowest BCUT2D eigenvalue weighted by molar-refractivity contribution is -0.119. The minimum Gasteiger partial charge on any atom is -0.416 e. The Morgan fingerprint density at radius 1 is 1.00 bits per heavy atom. The summed E-state index contributed by atoms with van der Waals surface area (Å²) >= 11 is 1.06. The summed E-state index contributed by atoms with van der Waals surface area (Å²) in [5, 5.41) is 8.08. The van der Waals surface area contributed by atoms with Gasteiger partial charge in [0, 0.05) is 5.56 Å². The lowest BCUT2D eigenvalue weighted by atomic mass is 10.2. The normalized spacial score (nSPS) is 10.4. The topological polar surface area (TPSA) is 97.1 Å². The van der Waals surface area contributed by atoms with Gasteiger partial charge < -0.3 is 4.42 Å². The summed E-state index contributed by atoms with van der Waals surface area (Å²) < 4.78 is 18.3. The van der Waals surface area contributed by atoms with Gasteiger partial charge >= 0.3 is 0 Å². The van der Waals surface area contributed by atoms with Gasteiger partial charge in [0.15, 0.2) is 0 Å². The van der Waals surface area contributed by atoms with Gasteiger partial charge in [-0.1, -0.05) is 42.1 Å². The van der Waals surface area contributed by atoms with Gasteiger partial charge in [-0.15, -0.1) is 10.2 Å². The van der Waals surface area contributed by atoms with Crippen LogP contribution in [0.2, 0.25) is 0 Å². The molecule has 138 valence electrons. The summed E-state index contributed by atoms with van der Waals surface area (Å²) in [5.41, 5.74) is 5.79. The number of aromatic nitrogens is 2. The summed E-state index contributed by atoms with van der Waals surface area (Å²) in [5.74, 6) is -1.00. The molecule has 0 aliphatic carbocycles. The van der Waals surface area contributed by atoms with Gasteiger partial charge in [-0.2, -0.15) is 0 Å². The Kier molecular flexibility index (Phi) is 6.16. The van der Waals surface area contributed by atoms with Crippen molar-refractivity contribution in [1.82, 2.24) is 21.0 Å². The largest absolute Gasteiger partial charge is 0.416 e. The van der Waals surface area contributed by atoms with E-state index in [-0.39, 0.29) is 16.5 Å². The fraction of sp³-hybridized carbons (Fsp3) is 0.111. The molecule has 0 aliphatic heterocycles. The predicted octanol–water partition coefficient (Wildman–Crippen LogP) is 2.35. The number of nitrogens with zero attached hydrogens (tertiary/aromatic N) is 2. The van der Waals surface area contributed by atoms with Crippen LogP contribution in [0.3, 0.4) is 0 Å². The third-order valence-corrected chi connectivity index (χ3v) is 4.21. The number of carbonyl (C=O) groups excluding carboxylic acids is 2. The number of carbonyl (C=O) groups is 2. The number of rotatable bonds is 6. The molecular formula is C18H15FN4O3S. The van der Waals surface area contributed by atoms with Crippen LogP contribution >= 0.6 is 11.8 Å². The lowest BCUT2D eigenvalue weighted by Gasteiger charge is -2.06. The Bertz CT molecular complexity index is 916. The Labute approximate surface area is 158 Å². The van der Waals surface area contributed by atoms with Crippen molar-refractivity contribution in [2.24, 2.45) is 0 Å². The molecular weight excluding hydrogens is 371 g/mol. The van der Waals surface area contributed by atoms with E-state index in [4.69, 9.17) is 4.42 Å². The van der Waals surface area contributed by atoms with Gasteiger partial charge in [-0.3, -0.25) is 20.4 Å². The van der Waals surface area contributed by atoms with Gasteiger partial charge in [-0.05, 0) is 29.8 Å². The number of hydrazine groups is 1. The fourth-order valence-electron chi connectivity index (χ4n) is 2.10. The van der Waals surface area contributed by atoms with Gasteiger partial charge in [0.1, 0.15) is 5.82 Å². The maximum atomic E-state index is 12.8. The molecule has 0 unspecified atom stereocenters. The zero-order valence-electron chi connectivity index (χ0n) is 14.0. The number of nitrogens with one attached hydrogen (secondary N) is 2. The van der Waals surface area contributed by atoms with Crippen LogP contribution in [0.15, 0.2) is 64.2 Å². The molecule has 0 radical (unpaired) electrons. The van der Waals surface area contributed by atoms with E-state index in [1.807, 2.05) is 30.3 Å². The standard InChI is InChI=1S/C18H15FN4O3S/c19-14-8-6-13(7-9-14)17(25)22-20-15(24)11-27-18-23-21-16(26-18)10-12-4-2-1-3-5-12/h1-9H,10-11H2,(H,20,24)(H,22,25). The lowest BCUT2D eigenvalue weighted by Crippen LogP contribution is -2.42. The van der Waals surface area contributed by atoms with Gasteiger partial charge in [-0.25, -0.2) is 4.39 Å². The van der Waals surface area contributed by atoms with E-state index in [1.165, 1.54) is 12.1 Å². The Morgan fingerprint density at radius 3 is 2.48 bits per heavy atom. The van der Waals surface area contributed by atoms with Crippen molar-refractivity contribution < 1.29 is 18.4 Å². The van der Waals surface area contributed by atoms with Crippen molar-refractivity contribution >= 4 is 23.6 Å². The number of halogens is 1. The SMILES string of the molecule is O=C(CSc1nnc(Cc2ccccc2)o1)NNC(=O)c1ccc(F)cc1. The summed E-state index contributed by atoms with van der Waals surface area (Å²) in [6.07, 6.45) is 0.508. The van der Waals surface area contributed by atoms with Crippen LogP contribution in [0, 0.1) is 5.82 Å². The van der Waals surface area contributed by atoms with Gasteiger partial charge in [0.05, 0.1) is 12.2 Å². The Balaban J connectivity index is 1.42. The van der Waals surface area contributed by atoms with E-state index in [9.17, 15) is 14.0 Å². The summed E-state index contributed by atoms with van der Waals surface area (Å²) in [6, 6.07) is 14.6. The van der Waals surface area contributed by atoms with Crippen molar-refractivity contribution in [3.63, 3.8) is 0 Å². The Hall–Kier alpha value is -3.20. The molecule has 1 heterocycles. The highest BCUT2D eigenvalue weighted by atomic mass is 32.2. The summed E-state index contributed by atoms with van der Waals surface area (Å²) in [7, 11) is 0. The van der Waals surface area contributed by atoms with Crippen molar-refractivity contribution in [1.29, 1.82) is 0 Å². The van der Waals surface area contributed by atoms with Gasteiger partial charge in [0.25, 0.3) is 11.1 Å². The number of thioether (sulfide) groups is 1. The molecule has 1 aromatic heterocycles. The maximum Gasteiger partial charge on any atom is 0.277 e. The first-order chi connectivity index (χ1) is 13.1. The van der Waals surface area contributed by atoms with E-state index in [0.29, 0.717) is 12.3 Å². The second-order valence-electron chi connectivity index (χ2n) is 5.42. The highest BCUT2D eigenvalue weighted by Gasteiger charge is 2.11. The highest BCUT2D eigenvalue weighted by Crippen LogP contribution is 2.17. The molecule has 0 aliphatic rings. The molecule has 27 heavy (non-hydrogen) atoms. The molecule has 3 rings (SSSR count). The van der Waals surface area contributed by atoms with Gasteiger partial charge in [0.2, 0.25) is 11.8 Å². The molecule has 0 spiro atoms. The molecule has 0 bridgehead atoms. The average molecular weight is 386 g/mol. The fourth-order valence-corrected chi connectivity index (χ4v) is 2.68. The zero-order valence-corrected chi connectivity index (χ0v) is 14.8. The first-order valence-electron chi connectivity index (χ1n) is 7.94. The molecule has 2 N–H and O–H groups in total. The summed E-state index contributed by atoms with van der Waals surface area (Å²) in [6.45, 7) is 0. The second kappa shape index (κ2) is 8.95. The molecule has 7 nitrogen and oxygen atoms in total. The molecule has 2 amide bonds. The van der Waals surface area contributed by atoms with E-state index in [2.05, 4.69) is 21.0 Å². The minimum atomic E-state index is -0.545. The quantitative estimate of drug-likeness (QED) is 0.499. The second-order valence-corrected chi connectivity index (χ2v) is 6.35. The smallest absolute Gasteiger partial charge is 0.277 e. The molecule has 9 heteroatoms. The van der Waals surface area contributed by atoms with E-state index >= 15 is 0 Å². The van der Waals surface area contributed by atoms with Crippen LogP contribution in [0.25, 0.3) is 0 Å².